The molecule has 5 aromatic heterocycles. The van der Waals surface area contributed by atoms with Gasteiger partial charge in [-0.25, -0.2) is 9.97 Å². The highest BCUT2D eigenvalue weighted by Crippen LogP contribution is 2.42. The zero-order chi connectivity index (χ0) is 38.8. The fraction of sp³-hybridized carbons (Fsp3) is 0.125. The van der Waals surface area contributed by atoms with Crippen LogP contribution < -0.4 is 0 Å². The molecule has 9 rings (SSSR count). The first-order chi connectivity index (χ1) is 27.1. The second-order valence-electron chi connectivity index (χ2n) is 14.7. The molecule has 0 amide bonds. The largest absolute Gasteiger partial charge is 0.354 e. The number of fused-ring (bicyclic) bond motifs is 8. The van der Waals surface area contributed by atoms with Crippen LogP contribution in [0.4, 0.5) is 0 Å². The third-order valence-electron chi connectivity index (χ3n) is 10.8. The Bertz CT molecular complexity index is 2850. The monoisotopic (exact) mass is 766 g/mol. The maximum atomic E-state index is 12.5. The molecule has 0 atom stereocenters. The predicted molar refractivity (Wildman–Crippen MR) is 236 cm³/mol. The zero-order valence-corrected chi connectivity index (χ0v) is 33.6. The van der Waals surface area contributed by atoms with Gasteiger partial charge in [-0.05, 0) is 146 Å². The van der Waals surface area contributed by atoms with Gasteiger partial charge in [0.15, 0.2) is 12.6 Å². The molecule has 7 aromatic rings. The van der Waals surface area contributed by atoms with E-state index in [2.05, 4.69) is 112 Å². The van der Waals surface area contributed by atoms with E-state index in [9.17, 15) is 9.59 Å². The maximum Gasteiger partial charge on any atom is 0.160 e. The van der Waals surface area contributed by atoms with Crippen molar-refractivity contribution in [3.05, 3.63) is 137 Å². The lowest BCUT2D eigenvalue weighted by Gasteiger charge is -2.13. The maximum absolute atomic E-state index is 12.5. The van der Waals surface area contributed by atoms with Gasteiger partial charge in [-0.1, -0.05) is 35.4 Å². The third kappa shape index (κ3) is 5.84. The molecule has 0 saturated carbocycles. The summed E-state index contributed by atoms with van der Waals surface area (Å²) in [5, 5.41) is 3.92. The van der Waals surface area contributed by atoms with E-state index in [1.54, 1.807) is 0 Å². The minimum absolute atomic E-state index is 0.640. The standard InChI is InChI=1S/C48H38N4O2S2/c1-25-19-27(3)43(28(4)20-25)47-37-11-7-33(49-37)45(31-15-17-55-41(31)23-53)35-9-13-39(51-35)48(44-29(5)21-26(2)22-30(44)6)40-14-10-36(52-40)46(34-8-12-38(47)50-34)32-16-18-56-42(32)24-54/h7-24,49-50H,1-6H3. The second-order valence-corrected chi connectivity index (χ2v) is 16.6. The summed E-state index contributed by atoms with van der Waals surface area (Å²) in [7, 11) is 0. The average Bonchev–Trinajstić information content (AvgIpc) is 4.02. The van der Waals surface area contributed by atoms with Crippen molar-refractivity contribution < 1.29 is 9.59 Å². The van der Waals surface area contributed by atoms with Crippen molar-refractivity contribution in [1.82, 2.24) is 19.9 Å². The van der Waals surface area contributed by atoms with E-state index in [4.69, 9.17) is 9.97 Å². The van der Waals surface area contributed by atoms with Gasteiger partial charge in [-0.2, -0.15) is 0 Å². The third-order valence-corrected chi connectivity index (χ3v) is 12.4. The number of aromatic nitrogens is 4. The number of aldehydes is 2. The van der Waals surface area contributed by atoms with Gasteiger partial charge in [0, 0.05) is 55.4 Å². The Hall–Kier alpha value is -6.22. The van der Waals surface area contributed by atoms with Crippen LogP contribution in [-0.2, 0) is 0 Å². The summed E-state index contributed by atoms with van der Waals surface area (Å²) in [5.74, 6) is 0. The Balaban J connectivity index is 1.52. The summed E-state index contributed by atoms with van der Waals surface area (Å²) < 4.78 is 0. The van der Waals surface area contributed by atoms with Gasteiger partial charge in [-0.15, -0.1) is 22.7 Å². The molecule has 56 heavy (non-hydrogen) atoms. The number of rotatable bonds is 6. The molecule has 7 heterocycles. The number of nitrogens with zero attached hydrogens (tertiary/aromatic N) is 2. The molecule has 2 aliphatic rings. The average molecular weight is 767 g/mol. The van der Waals surface area contributed by atoms with Crippen LogP contribution in [0, 0.1) is 41.5 Å². The molecule has 8 bridgehead atoms. The van der Waals surface area contributed by atoms with E-state index in [1.165, 1.54) is 33.8 Å². The molecular formula is C48H38N4O2S2. The number of H-pyrrole nitrogens is 2. The first-order valence-electron chi connectivity index (χ1n) is 18.5. The van der Waals surface area contributed by atoms with Crippen LogP contribution in [0.3, 0.4) is 0 Å². The van der Waals surface area contributed by atoms with Crippen molar-refractivity contribution >= 4 is 81.6 Å². The van der Waals surface area contributed by atoms with E-state index in [1.807, 2.05) is 35.0 Å². The van der Waals surface area contributed by atoms with Crippen LogP contribution in [0.25, 0.3) is 90.9 Å². The van der Waals surface area contributed by atoms with Crippen molar-refractivity contribution in [1.29, 1.82) is 0 Å². The van der Waals surface area contributed by atoms with Crippen LogP contribution in [0.5, 0.6) is 0 Å². The van der Waals surface area contributed by atoms with Crippen LogP contribution in [0.2, 0.25) is 0 Å². The van der Waals surface area contributed by atoms with E-state index in [0.29, 0.717) is 9.75 Å². The number of benzene rings is 2. The second kappa shape index (κ2) is 13.8. The molecule has 0 fully saturated rings. The number of carbonyl (C=O) groups is 2. The van der Waals surface area contributed by atoms with E-state index < -0.39 is 0 Å². The molecule has 2 aromatic carbocycles. The molecule has 8 heteroatoms. The minimum Gasteiger partial charge on any atom is -0.354 e. The first-order valence-corrected chi connectivity index (χ1v) is 20.3. The number of carbonyl (C=O) groups excluding carboxylic acids is 2. The SMILES string of the molecule is Cc1cc(C)c(-c2c3nc(c(-c4ccsc4C=O)c4ccc([nH]4)c(-c4c(C)cc(C)cc4C)c4ccc([nH]4)c(-c4ccsc4C=O)c4nc2C=C4)C=C3)c(C)c1. The van der Waals surface area contributed by atoms with E-state index >= 15 is 0 Å². The lowest BCUT2D eigenvalue weighted by atomic mass is 9.92. The van der Waals surface area contributed by atoms with Crippen molar-refractivity contribution in [2.75, 3.05) is 0 Å². The number of hydrogen-bond acceptors (Lipinski definition) is 6. The van der Waals surface area contributed by atoms with E-state index in [0.717, 1.165) is 124 Å². The molecule has 274 valence electrons. The quantitative estimate of drug-likeness (QED) is 0.165. The van der Waals surface area contributed by atoms with Crippen molar-refractivity contribution in [3.8, 4) is 44.5 Å². The molecular weight excluding hydrogens is 729 g/mol. The molecule has 0 unspecified atom stereocenters. The lowest BCUT2D eigenvalue weighted by Crippen LogP contribution is -1.96. The highest BCUT2D eigenvalue weighted by molar-refractivity contribution is 7.12. The Morgan fingerprint density at radius 1 is 0.446 bits per heavy atom. The molecule has 0 radical (unpaired) electrons. The first kappa shape index (κ1) is 35.5. The summed E-state index contributed by atoms with van der Waals surface area (Å²) in [6, 6.07) is 21.3. The number of aromatic amines is 2. The highest BCUT2D eigenvalue weighted by atomic mass is 32.1. The van der Waals surface area contributed by atoms with Crippen molar-refractivity contribution in [2.45, 2.75) is 41.5 Å². The van der Waals surface area contributed by atoms with Crippen LogP contribution in [-0.4, -0.2) is 32.5 Å². The Morgan fingerprint density at radius 3 is 1.16 bits per heavy atom. The normalized spacial score (nSPS) is 12.1. The number of hydrogen-bond donors (Lipinski definition) is 2. The van der Waals surface area contributed by atoms with Gasteiger partial charge in [-0.3, -0.25) is 9.59 Å². The summed E-state index contributed by atoms with van der Waals surface area (Å²) in [4.78, 5) is 44.7. The topological polar surface area (TPSA) is 91.5 Å². The summed E-state index contributed by atoms with van der Waals surface area (Å²) in [6.07, 6.45) is 10.1. The molecule has 0 spiro atoms. The minimum atomic E-state index is 0.640. The predicted octanol–water partition coefficient (Wildman–Crippen LogP) is 12.9. The Kier molecular flexibility index (Phi) is 8.75. The van der Waals surface area contributed by atoms with Gasteiger partial charge in [0.1, 0.15) is 0 Å². The van der Waals surface area contributed by atoms with Crippen LogP contribution in [0.15, 0.2) is 71.4 Å². The van der Waals surface area contributed by atoms with Gasteiger partial charge in [0.2, 0.25) is 0 Å². The van der Waals surface area contributed by atoms with Crippen LogP contribution >= 0.6 is 22.7 Å². The molecule has 0 saturated heterocycles. The summed E-state index contributed by atoms with van der Waals surface area (Å²) >= 11 is 2.85. The summed E-state index contributed by atoms with van der Waals surface area (Å²) in [6.45, 7) is 12.8. The molecule has 6 nitrogen and oxygen atoms in total. The lowest BCUT2D eigenvalue weighted by molar-refractivity contribution is 0.111. The van der Waals surface area contributed by atoms with Crippen molar-refractivity contribution in [3.63, 3.8) is 0 Å². The van der Waals surface area contributed by atoms with Gasteiger partial charge >= 0.3 is 0 Å². The number of nitrogens with one attached hydrogen (secondary N) is 2. The number of thiophene rings is 2. The van der Waals surface area contributed by atoms with E-state index in [-0.39, 0.29) is 0 Å². The molecule has 2 N–H and O–H groups in total. The zero-order valence-electron chi connectivity index (χ0n) is 31.9. The molecule has 0 aliphatic carbocycles. The van der Waals surface area contributed by atoms with Gasteiger partial charge in [0.05, 0.1) is 32.5 Å². The Morgan fingerprint density at radius 2 is 0.786 bits per heavy atom. The number of aryl methyl sites for hydroxylation is 6. The fourth-order valence-corrected chi connectivity index (χ4v) is 10.1. The smallest absolute Gasteiger partial charge is 0.160 e. The Labute approximate surface area is 333 Å². The van der Waals surface area contributed by atoms with Crippen LogP contribution in [0.1, 0.15) is 75.5 Å². The highest BCUT2D eigenvalue weighted by Gasteiger charge is 2.23. The van der Waals surface area contributed by atoms with Gasteiger partial charge in [0.25, 0.3) is 0 Å². The fourth-order valence-electron chi connectivity index (χ4n) is 8.68. The van der Waals surface area contributed by atoms with Gasteiger partial charge < -0.3 is 9.97 Å². The molecule has 2 aliphatic heterocycles. The summed E-state index contributed by atoms with van der Waals surface area (Å²) in [5.41, 5.74) is 21.1. The van der Waals surface area contributed by atoms with Crippen molar-refractivity contribution in [2.24, 2.45) is 0 Å².